The summed E-state index contributed by atoms with van der Waals surface area (Å²) in [6, 6.07) is 3.14. The van der Waals surface area contributed by atoms with E-state index in [0.717, 1.165) is 24.8 Å². The molecule has 11 heteroatoms. The van der Waals surface area contributed by atoms with Gasteiger partial charge in [-0.25, -0.2) is 0 Å². The molecule has 1 aromatic rings. The van der Waals surface area contributed by atoms with Crippen molar-refractivity contribution in [3.63, 3.8) is 0 Å². The van der Waals surface area contributed by atoms with Crippen LogP contribution in [0.25, 0.3) is 0 Å². The van der Waals surface area contributed by atoms with Gasteiger partial charge in [-0.05, 0) is 70.8 Å². The van der Waals surface area contributed by atoms with E-state index in [1.54, 1.807) is 43.1 Å². The van der Waals surface area contributed by atoms with E-state index in [1.165, 1.54) is 14.0 Å². The van der Waals surface area contributed by atoms with Gasteiger partial charge in [0.05, 0.1) is 26.3 Å². The Bertz CT molecular complexity index is 1100. The first kappa shape index (κ1) is 31.3. The minimum atomic E-state index is -1.45. The average molecular weight is 559 g/mol. The molecular weight excluding hydrogens is 516 g/mol. The number of aliphatic hydroxyl groups excluding tert-OH is 1. The Morgan fingerprint density at radius 1 is 1.12 bits per heavy atom. The largest absolute Gasteiger partial charge is 0.497 e. The van der Waals surface area contributed by atoms with E-state index in [1.807, 2.05) is 6.92 Å². The lowest BCUT2D eigenvalue weighted by Crippen LogP contribution is -2.58. The number of likely N-dealkylation sites (N-methyl/N-ethyl adjacent to an activating group) is 1. The molecule has 1 aromatic carbocycles. The molecule has 4 N–H and O–H groups in total. The Balaban J connectivity index is 1.80. The fourth-order valence-electron chi connectivity index (χ4n) is 4.54. The number of hydrogen-bond acceptors (Lipinski definition) is 8. The van der Waals surface area contributed by atoms with Crippen molar-refractivity contribution in [2.45, 2.75) is 76.3 Å². The second-order valence-electron chi connectivity index (χ2n) is 10.7. The van der Waals surface area contributed by atoms with E-state index in [2.05, 4.69) is 22.0 Å². The first-order valence-corrected chi connectivity index (χ1v) is 13.7. The number of nitrogens with zero attached hydrogens (tertiary/aromatic N) is 1. The number of nitrogens with one attached hydrogen (secondary N) is 3. The maximum absolute atomic E-state index is 13.7. The lowest BCUT2D eigenvalue weighted by Gasteiger charge is -2.28. The maximum atomic E-state index is 13.7. The van der Waals surface area contributed by atoms with Crippen molar-refractivity contribution in [1.82, 2.24) is 20.9 Å². The molecule has 3 amide bonds. The minimum absolute atomic E-state index is 0.104. The van der Waals surface area contributed by atoms with Gasteiger partial charge >= 0.3 is 0 Å². The number of rotatable bonds is 15. The molecule has 1 aliphatic carbocycles. The van der Waals surface area contributed by atoms with Gasteiger partial charge in [0.25, 0.3) is 0 Å². The number of benzene rings is 1. The molecule has 0 saturated carbocycles. The second kappa shape index (κ2) is 13.9. The number of carbonyl (C=O) groups excluding carboxylic acids is 4. The molecule has 220 valence electrons. The van der Waals surface area contributed by atoms with E-state index in [4.69, 9.17) is 9.47 Å². The van der Waals surface area contributed by atoms with Crippen molar-refractivity contribution in [3.05, 3.63) is 41.5 Å². The zero-order valence-corrected chi connectivity index (χ0v) is 24.0. The molecule has 1 heterocycles. The number of aliphatic hydroxyl groups is 1. The summed E-state index contributed by atoms with van der Waals surface area (Å²) in [5, 5.41) is 19.2. The number of ether oxygens (including phenoxy) is 2. The number of ketones is 1. The summed E-state index contributed by atoms with van der Waals surface area (Å²) in [7, 11) is 3.29. The summed E-state index contributed by atoms with van der Waals surface area (Å²) in [4.78, 5) is 54.1. The minimum Gasteiger partial charge on any atom is -0.497 e. The Morgan fingerprint density at radius 3 is 2.35 bits per heavy atom. The predicted molar refractivity (Wildman–Crippen MR) is 149 cm³/mol. The van der Waals surface area contributed by atoms with Gasteiger partial charge in [0.2, 0.25) is 17.7 Å². The number of carbonyl (C=O) groups is 4. The normalized spacial score (nSPS) is 21.0. The van der Waals surface area contributed by atoms with Crippen LogP contribution in [0.2, 0.25) is 0 Å². The standard InChI is InChI=1S/C29H42N4O7/c1-6-33(4)16-23(34)30-18(2)27(37)32-24(25(35)20-11-13-21(39-5)14-12-20)28(38)31-22(15-19-9-7-8-10-19)26(36)29(3)17-40-29/h9,11-14,18,22,24-25,35H,6-8,10,15-17H2,1-5H3,(H,30,34)(H,31,38)(H,32,37)/t18-,22-,24-,25+,29+/m0/s1. The van der Waals surface area contributed by atoms with Crippen molar-refractivity contribution in [2.24, 2.45) is 0 Å². The predicted octanol–water partition coefficient (Wildman–Crippen LogP) is 1.01. The topological polar surface area (TPSA) is 150 Å². The lowest BCUT2D eigenvalue weighted by molar-refractivity contribution is -0.136. The number of methoxy groups -OCH3 is 1. The highest BCUT2D eigenvalue weighted by atomic mass is 16.6. The Morgan fingerprint density at radius 2 is 1.80 bits per heavy atom. The van der Waals surface area contributed by atoms with E-state index in [-0.39, 0.29) is 24.8 Å². The molecule has 3 rings (SSSR count). The third-order valence-corrected chi connectivity index (χ3v) is 7.41. The van der Waals surface area contributed by atoms with Crippen LogP contribution in [0, 0.1) is 0 Å². The van der Waals surface area contributed by atoms with E-state index in [9.17, 15) is 24.3 Å². The van der Waals surface area contributed by atoms with E-state index >= 15 is 0 Å². The van der Waals surface area contributed by atoms with Crippen molar-refractivity contribution >= 4 is 23.5 Å². The van der Waals surface area contributed by atoms with Gasteiger partial charge < -0.3 is 30.5 Å². The van der Waals surface area contributed by atoms with Crippen molar-refractivity contribution in [2.75, 3.05) is 33.9 Å². The first-order chi connectivity index (χ1) is 19.0. The van der Waals surface area contributed by atoms with Crippen LogP contribution in [0.1, 0.15) is 58.1 Å². The quantitative estimate of drug-likeness (QED) is 0.184. The number of amides is 3. The molecule has 1 fully saturated rings. The third kappa shape index (κ3) is 8.36. The van der Waals surface area contributed by atoms with Gasteiger partial charge in [-0.2, -0.15) is 0 Å². The molecule has 0 bridgehead atoms. The summed E-state index contributed by atoms with van der Waals surface area (Å²) in [5.74, 6) is -1.42. The molecule has 11 nitrogen and oxygen atoms in total. The van der Waals surface area contributed by atoms with E-state index in [0.29, 0.717) is 24.3 Å². The van der Waals surface area contributed by atoms with Crippen molar-refractivity contribution in [1.29, 1.82) is 0 Å². The smallest absolute Gasteiger partial charge is 0.246 e. The Labute approximate surface area is 235 Å². The van der Waals surface area contributed by atoms with Crippen LogP contribution in [0.4, 0.5) is 0 Å². The Hall–Kier alpha value is -3.28. The summed E-state index contributed by atoms with van der Waals surface area (Å²) in [6.45, 7) is 6.13. The summed E-state index contributed by atoms with van der Waals surface area (Å²) in [6.07, 6.45) is 3.72. The van der Waals surface area contributed by atoms with Gasteiger partial charge in [0, 0.05) is 0 Å². The molecule has 1 saturated heterocycles. The number of epoxide rings is 1. The number of allylic oxidation sites excluding steroid dienone is 1. The van der Waals surface area contributed by atoms with Gasteiger partial charge in [0.1, 0.15) is 29.5 Å². The van der Waals surface area contributed by atoms with E-state index < -0.39 is 41.6 Å². The van der Waals surface area contributed by atoms with Gasteiger partial charge in [0.15, 0.2) is 5.78 Å². The lowest BCUT2D eigenvalue weighted by atomic mass is 9.93. The first-order valence-electron chi connectivity index (χ1n) is 13.7. The highest BCUT2D eigenvalue weighted by Crippen LogP contribution is 2.31. The fraction of sp³-hybridized carbons (Fsp3) is 0.586. The molecule has 40 heavy (non-hydrogen) atoms. The number of hydrogen-bond donors (Lipinski definition) is 4. The van der Waals surface area contributed by atoms with Crippen LogP contribution in [-0.2, 0) is 23.9 Å². The summed E-state index contributed by atoms with van der Waals surface area (Å²) >= 11 is 0. The summed E-state index contributed by atoms with van der Waals surface area (Å²) < 4.78 is 10.5. The molecule has 0 aromatic heterocycles. The zero-order chi connectivity index (χ0) is 29.4. The van der Waals surface area contributed by atoms with Crippen molar-refractivity contribution < 1.29 is 33.8 Å². The van der Waals surface area contributed by atoms with Gasteiger partial charge in [-0.15, -0.1) is 0 Å². The zero-order valence-electron chi connectivity index (χ0n) is 24.0. The van der Waals surface area contributed by atoms with Crippen LogP contribution >= 0.6 is 0 Å². The van der Waals surface area contributed by atoms with Crippen LogP contribution < -0.4 is 20.7 Å². The Kier molecular flexibility index (Phi) is 10.8. The molecule has 1 aliphatic heterocycles. The maximum Gasteiger partial charge on any atom is 0.246 e. The molecule has 0 radical (unpaired) electrons. The fourth-order valence-corrected chi connectivity index (χ4v) is 4.54. The van der Waals surface area contributed by atoms with Gasteiger partial charge in [-0.1, -0.05) is 30.7 Å². The van der Waals surface area contributed by atoms with Crippen LogP contribution in [-0.4, -0.2) is 91.1 Å². The van der Waals surface area contributed by atoms with Crippen LogP contribution in [0.15, 0.2) is 35.9 Å². The van der Waals surface area contributed by atoms with Crippen molar-refractivity contribution in [3.8, 4) is 5.75 Å². The molecular formula is C29H42N4O7. The highest BCUT2D eigenvalue weighted by molar-refractivity contribution is 5.98. The van der Waals surface area contributed by atoms with Crippen LogP contribution in [0.5, 0.6) is 5.75 Å². The molecule has 0 spiro atoms. The highest BCUT2D eigenvalue weighted by Gasteiger charge is 2.50. The molecule has 2 aliphatic rings. The van der Waals surface area contributed by atoms with Crippen LogP contribution in [0.3, 0.4) is 0 Å². The summed E-state index contributed by atoms with van der Waals surface area (Å²) in [5.41, 5.74) is 0.475. The van der Waals surface area contributed by atoms with Gasteiger partial charge in [-0.3, -0.25) is 24.1 Å². The third-order valence-electron chi connectivity index (χ3n) is 7.41. The number of Topliss-reactive ketones (excluding diaryl/α,β-unsaturated/α-hetero) is 1. The second-order valence-corrected chi connectivity index (χ2v) is 10.7. The molecule has 5 atom stereocenters. The monoisotopic (exact) mass is 558 g/mol. The average Bonchev–Trinajstić information content (AvgIpc) is 3.48. The molecule has 0 unspecified atom stereocenters. The SMILES string of the molecule is CCN(C)CC(=O)N[C@@H](C)C(=O)N[C@H](C(=O)N[C@@H](CC1=CCCC1)C(=O)[C@@]1(C)CO1)[C@H](O)c1ccc(OC)cc1.